The Balaban J connectivity index is 1.34. The van der Waals surface area contributed by atoms with E-state index in [4.69, 9.17) is 17.0 Å². The molecule has 11 heteroatoms. The molecule has 0 bridgehead atoms. The Morgan fingerprint density at radius 3 is 1.95 bits per heavy atom. The van der Waals surface area contributed by atoms with Gasteiger partial charge in [-0.2, -0.15) is 4.31 Å². The molecule has 0 unspecified atom stereocenters. The Labute approximate surface area is 246 Å². The highest BCUT2D eigenvalue weighted by Gasteiger charge is 2.32. The van der Waals surface area contributed by atoms with Gasteiger partial charge in [0.1, 0.15) is 0 Å². The van der Waals surface area contributed by atoms with Crippen molar-refractivity contribution < 1.29 is 22.7 Å². The third kappa shape index (κ3) is 8.20. The van der Waals surface area contributed by atoms with Crippen LogP contribution in [0.1, 0.15) is 36.9 Å². The number of nitrogens with zero attached hydrogens (tertiary/aromatic N) is 2. The Hall–Kier alpha value is -3.64. The average molecular weight is 595 g/mol. The van der Waals surface area contributed by atoms with Crippen LogP contribution in [0.4, 0.5) is 5.69 Å². The highest BCUT2D eigenvalue weighted by Crippen LogP contribution is 2.30. The van der Waals surface area contributed by atoms with E-state index in [1.165, 1.54) is 27.6 Å². The summed E-state index contributed by atoms with van der Waals surface area (Å²) in [5.41, 5.74) is 2.87. The lowest BCUT2D eigenvalue weighted by molar-refractivity contribution is -0.144. The van der Waals surface area contributed by atoms with Gasteiger partial charge in [-0.25, -0.2) is 8.42 Å². The number of carbonyl (C=O) groups excluding carboxylic acids is 2. The molecule has 0 aromatic heterocycles. The van der Waals surface area contributed by atoms with E-state index < -0.39 is 21.9 Å². The largest absolute Gasteiger partial charge is 0.466 e. The summed E-state index contributed by atoms with van der Waals surface area (Å²) < 4.78 is 33.2. The number of hydrogen-bond donors (Lipinski definition) is 2. The molecule has 1 fully saturated rings. The molecule has 1 aliphatic heterocycles. The average Bonchev–Trinajstić information content (AvgIpc) is 2.98. The van der Waals surface area contributed by atoms with Crippen molar-refractivity contribution in [2.75, 3.05) is 38.1 Å². The number of rotatable bonds is 10. The first-order valence-electron chi connectivity index (χ1n) is 13.5. The Bertz CT molecular complexity index is 1390. The van der Waals surface area contributed by atoms with Crippen molar-refractivity contribution in [2.24, 2.45) is 0 Å². The van der Waals surface area contributed by atoms with E-state index in [0.717, 1.165) is 0 Å². The van der Waals surface area contributed by atoms with Gasteiger partial charge < -0.3 is 15.4 Å². The minimum absolute atomic E-state index is 0.0394. The molecule has 1 heterocycles. The highest BCUT2D eigenvalue weighted by molar-refractivity contribution is 7.89. The van der Waals surface area contributed by atoms with Crippen molar-refractivity contribution in [3.05, 3.63) is 96.1 Å². The molecule has 0 saturated carbocycles. The van der Waals surface area contributed by atoms with Gasteiger partial charge in [0.25, 0.3) is 0 Å². The van der Waals surface area contributed by atoms with E-state index in [9.17, 15) is 18.0 Å². The number of sulfonamides is 1. The minimum atomic E-state index is -3.69. The number of thiocarbonyl (C=S) groups is 1. The lowest BCUT2D eigenvalue weighted by Gasteiger charge is -2.39. The third-order valence-corrected chi connectivity index (χ3v) is 8.85. The van der Waals surface area contributed by atoms with Crippen molar-refractivity contribution in [1.82, 2.24) is 14.5 Å². The van der Waals surface area contributed by atoms with Gasteiger partial charge in [0, 0.05) is 38.3 Å². The SMILES string of the molecule is CCOC(=O)CCC(=O)NC(=S)Nc1ccc(S(=O)(=O)N2CCN(C(c3ccccc3)c3ccccc3)CC2)cc1. The molecule has 1 amide bonds. The van der Waals surface area contributed by atoms with Gasteiger partial charge in [0.2, 0.25) is 15.9 Å². The number of hydrogen-bond acceptors (Lipinski definition) is 7. The van der Waals surface area contributed by atoms with Gasteiger partial charge in [-0.3, -0.25) is 14.5 Å². The zero-order valence-corrected chi connectivity index (χ0v) is 24.5. The molecular formula is C30H34N4O5S2. The molecule has 4 rings (SSSR count). The van der Waals surface area contributed by atoms with E-state index >= 15 is 0 Å². The topological polar surface area (TPSA) is 108 Å². The summed E-state index contributed by atoms with van der Waals surface area (Å²) in [6.45, 7) is 3.89. The number of esters is 1. The van der Waals surface area contributed by atoms with Crippen LogP contribution in [-0.2, 0) is 24.3 Å². The van der Waals surface area contributed by atoms with E-state index in [-0.39, 0.29) is 35.5 Å². The van der Waals surface area contributed by atoms with E-state index in [2.05, 4.69) is 39.8 Å². The van der Waals surface area contributed by atoms with Crippen LogP contribution >= 0.6 is 12.2 Å². The van der Waals surface area contributed by atoms with Crippen LogP contribution in [0.15, 0.2) is 89.8 Å². The number of ether oxygens (including phenoxy) is 1. The first-order valence-corrected chi connectivity index (χ1v) is 15.3. The first-order chi connectivity index (χ1) is 19.8. The second-order valence-corrected chi connectivity index (χ2v) is 11.8. The fraction of sp³-hybridized carbons (Fsp3) is 0.300. The molecule has 0 atom stereocenters. The second-order valence-electron chi connectivity index (χ2n) is 9.50. The number of amides is 1. The number of benzene rings is 3. The van der Waals surface area contributed by atoms with Gasteiger partial charge in [0.15, 0.2) is 5.11 Å². The molecule has 9 nitrogen and oxygen atoms in total. The number of piperazine rings is 1. The quantitative estimate of drug-likeness (QED) is 0.269. The van der Waals surface area contributed by atoms with E-state index in [1.54, 1.807) is 19.1 Å². The van der Waals surface area contributed by atoms with Gasteiger partial charge >= 0.3 is 5.97 Å². The maximum absolute atomic E-state index is 13.4. The van der Waals surface area contributed by atoms with Gasteiger partial charge in [0.05, 0.1) is 24.0 Å². The van der Waals surface area contributed by atoms with Crippen molar-refractivity contribution in [2.45, 2.75) is 30.7 Å². The molecule has 1 aliphatic rings. The van der Waals surface area contributed by atoms with Gasteiger partial charge in [-0.05, 0) is 54.5 Å². The van der Waals surface area contributed by atoms with Crippen LogP contribution in [0.2, 0.25) is 0 Å². The van der Waals surface area contributed by atoms with Crippen LogP contribution in [0.3, 0.4) is 0 Å². The lowest BCUT2D eigenvalue weighted by atomic mass is 9.96. The summed E-state index contributed by atoms with van der Waals surface area (Å²) in [6, 6.07) is 26.8. The number of anilines is 1. The van der Waals surface area contributed by atoms with E-state index in [0.29, 0.717) is 31.9 Å². The summed E-state index contributed by atoms with van der Waals surface area (Å²) in [5, 5.41) is 5.42. The van der Waals surface area contributed by atoms with E-state index in [1.807, 2.05) is 36.4 Å². The van der Waals surface area contributed by atoms with Crippen LogP contribution in [-0.4, -0.2) is 67.4 Å². The zero-order valence-electron chi connectivity index (χ0n) is 22.9. The maximum atomic E-state index is 13.4. The monoisotopic (exact) mass is 594 g/mol. The summed E-state index contributed by atoms with van der Waals surface area (Å²) >= 11 is 5.16. The highest BCUT2D eigenvalue weighted by atomic mass is 32.2. The minimum Gasteiger partial charge on any atom is -0.466 e. The molecule has 0 radical (unpaired) electrons. The van der Waals surface area contributed by atoms with Crippen molar-refractivity contribution in [3.63, 3.8) is 0 Å². The number of carbonyl (C=O) groups is 2. The van der Waals surface area contributed by atoms with Gasteiger partial charge in [-0.15, -0.1) is 0 Å². The summed E-state index contributed by atoms with van der Waals surface area (Å²) in [5.74, 6) is -0.873. The Kier molecular flexibility index (Phi) is 10.6. The predicted molar refractivity (Wildman–Crippen MR) is 162 cm³/mol. The summed E-state index contributed by atoms with van der Waals surface area (Å²) in [4.78, 5) is 25.9. The normalized spacial score (nSPS) is 14.4. The maximum Gasteiger partial charge on any atom is 0.306 e. The van der Waals surface area contributed by atoms with Crippen molar-refractivity contribution in [1.29, 1.82) is 0 Å². The van der Waals surface area contributed by atoms with Crippen LogP contribution in [0, 0.1) is 0 Å². The fourth-order valence-corrected chi connectivity index (χ4v) is 6.40. The molecule has 0 aliphatic carbocycles. The second kappa shape index (κ2) is 14.3. The Morgan fingerprint density at radius 2 is 1.41 bits per heavy atom. The standard InChI is InChI=1S/C30H34N4O5S2/c1-2-39-28(36)18-17-27(35)32-30(40)31-25-13-15-26(16-14-25)41(37,38)34-21-19-33(20-22-34)29(23-9-5-3-6-10-23)24-11-7-4-8-12-24/h3-16,29H,2,17-22H2,1H3,(H2,31,32,35,40). The summed E-state index contributed by atoms with van der Waals surface area (Å²) in [6.07, 6.45) is -0.0924. The van der Waals surface area contributed by atoms with Crippen LogP contribution < -0.4 is 10.6 Å². The van der Waals surface area contributed by atoms with Crippen LogP contribution in [0.25, 0.3) is 0 Å². The molecule has 3 aromatic carbocycles. The molecule has 216 valence electrons. The number of nitrogens with one attached hydrogen (secondary N) is 2. The molecule has 3 aromatic rings. The predicted octanol–water partition coefficient (Wildman–Crippen LogP) is 3.94. The van der Waals surface area contributed by atoms with Crippen molar-refractivity contribution in [3.8, 4) is 0 Å². The van der Waals surface area contributed by atoms with Gasteiger partial charge in [-0.1, -0.05) is 60.7 Å². The first kappa shape index (κ1) is 30.3. The molecule has 1 saturated heterocycles. The molecule has 0 spiro atoms. The smallest absolute Gasteiger partial charge is 0.306 e. The molecule has 41 heavy (non-hydrogen) atoms. The third-order valence-electron chi connectivity index (χ3n) is 6.73. The molecular weight excluding hydrogens is 560 g/mol. The van der Waals surface area contributed by atoms with Crippen molar-refractivity contribution >= 4 is 44.9 Å². The molecule has 2 N–H and O–H groups in total. The zero-order chi connectivity index (χ0) is 29.2. The summed E-state index contributed by atoms with van der Waals surface area (Å²) in [7, 11) is -3.69. The fourth-order valence-electron chi connectivity index (χ4n) is 4.75. The Morgan fingerprint density at radius 1 is 0.854 bits per heavy atom. The van der Waals surface area contributed by atoms with Crippen LogP contribution in [0.5, 0.6) is 0 Å². The lowest BCUT2D eigenvalue weighted by Crippen LogP contribution is -2.49.